The molecule has 0 atom stereocenters. The van der Waals surface area contributed by atoms with Gasteiger partial charge < -0.3 is 9.47 Å². The summed E-state index contributed by atoms with van der Waals surface area (Å²) in [5.74, 6) is -0.858. The molecule has 1 aliphatic heterocycles. The van der Waals surface area contributed by atoms with Crippen LogP contribution in [0.25, 0.3) is 0 Å². The third kappa shape index (κ3) is 9.42. The van der Waals surface area contributed by atoms with E-state index in [2.05, 4.69) is 6.92 Å². The van der Waals surface area contributed by atoms with E-state index < -0.39 is 11.8 Å². The van der Waals surface area contributed by atoms with Gasteiger partial charge in [0.05, 0.1) is 12.5 Å². The Labute approximate surface area is 140 Å². The molecule has 0 spiro atoms. The van der Waals surface area contributed by atoms with Crippen molar-refractivity contribution in [2.45, 2.75) is 97.2 Å². The topological polar surface area (TPSA) is 52.6 Å². The summed E-state index contributed by atoms with van der Waals surface area (Å²) in [6.07, 6.45) is 13.2. The minimum absolute atomic E-state index is 0.129. The molecule has 0 aromatic heterocycles. The SMILES string of the molecule is CCCCCCCCCCCC(=O)CC1=CC(=O)OC(C)(C)O1. The summed E-state index contributed by atoms with van der Waals surface area (Å²) >= 11 is 0. The molecule has 0 saturated carbocycles. The van der Waals surface area contributed by atoms with Crippen LogP contribution in [0.3, 0.4) is 0 Å². The summed E-state index contributed by atoms with van der Waals surface area (Å²) < 4.78 is 10.5. The second-order valence-corrected chi connectivity index (χ2v) is 6.83. The maximum atomic E-state index is 12.0. The van der Waals surface area contributed by atoms with E-state index >= 15 is 0 Å². The summed E-state index contributed by atoms with van der Waals surface area (Å²) in [6, 6.07) is 0. The van der Waals surface area contributed by atoms with Crippen LogP contribution in [0.15, 0.2) is 11.8 Å². The third-order valence-corrected chi connectivity index (χ3v) is 3.93. The molecule has 4 nitrogen and oxygen atoms in total. The number of ether oxygens (including phenoxy) is 2. The number of unbranched alkanes of at least 4 members (excludes halogenated alkanes) is 8. The number of esters is 1. The fourth-order valence-corrected chi connectivity index (χ4v) is 2.77. The molecule has 0 saturated heterocycles. The highest BCUT2D eigenvalue weighted by Crippen LogP contribution is 2.24. The number of carbonyl (C=O) groups excluding carboxylic acids is 2. The number of Topliss-reactive ketones (excluding diaryl/α,β-unsaturated/α-hetero) is 1. The molecule has 23 heavy (non-hydrogen) atoms. The van der Waals surface area contributed by atoms with Crippen LogP contribution in [-0.4, -0.2) is 17.5 Å². The summed E-state index contributed by atoms with van der Waals surface area (Å²) in [4.78, 5) is 23.4. The molecule has 0 radical (unpaired) electrons. The normalized spacial score (nSPS) is 16.5. The largest absolute Gasteiger partial charge is 0.456 e. The second-order valence-electron chi connectivity index (χ2n) is 6.83. The predicted molar refractivity (Wildman–Crippen MR) is 90.8 cm³/mol. The van der Waals surface area contributed by atoms with E-state index in [0.29, 0.717) is 12.2 Å². The van der Waals surface area contributed by atoms with Crippen molar-refractivity contribution < 1.29 is 19.1 Å². The van der Waals surface area contributed by atoms with Crippen LogP contribution in [0.1, 0.15) is 91.4 Å². The summed E-state index contributed by atoms with van der Waals surface area (Å²) in [6.45, 7) is 5.57. The van der Waals surface area contributed by atoms with E-state index in [1.165, 1.54) is 51.0 Å². The molecule has 4 heteroatoms. The number of ketones is 1. The second kappa shape index (κ2) is 10.5. The Bertz CT molecular complexity index is 410. The Morgan fingerprint density at radius 2 is 1.52 bits per heavy atom. The number of rotatable bonds is 12. The minimum atomic E-state index is -0.973. The van der Waals surface area contributed by atoms with E-state index in [1.54, 1.807) is 13.8 Å². The molecule has 0 aromatic rings. The Morgan fingerprint density at radius 1 is 0.957 bits per heavy atom. The lowest BCUT2D eigenvalue weighted by atomic mass is 10.0. The van der Waals surface area contributed by atoms with Gasteiger partial charge in [-0.05, 0) is 6.42 Å². The molecule has 132 valence electrons. The fourth-order valence-electron chi connectivity index (χ4n) is 2.77. The first-order chi connectivity index (χ1) is 10.9. The van der Waals surface area contributed by atoms with Crippen molar-refractivity contribution in [2.24, 2.45) is 0 Å². The van der Waals surface area contributed by atoms with Crippen LogP contribution in [-0.2, 0) is 19.1 Å². The zero-order valence-electron chi connectivity index (χ0n) is 15.0. The number of hydrogen-bond donors (Lipinski definition) is 0. The highest BCUT2D eigenvalue weighted by atomic mass is 16.7. The minimum Gasteiger partial charge on any atom is -0.456 e. The van der Waals surface area contributed by atoms with Gasteiger partial charge in [0.1, 0.15) is 11.5 Å². The van der Waals surface area contributed by atoms with Crippen molar-refractivity contribution in [1.29, 1.82) is 0 Å². The maximum Gasteiger partial charge on any atom is 0.337 e. The van der Waals surface area contributed by atoms with Gasteiger partial charge in [-0.1, -0.05) is 58.3 Å². The van der Waals surface area contributed by atoms with Gasteiger partial charge >= 0.3 is 5.97 Å². The Kier molecular flexibility index (Phi) is 8.97. The van der Waals surface area contributed by atoms with Crippen LogP contribution in [0, 0.1) is 0 Å². The molecule has 0 aromatic carbocycles. The smallest absolute Gasteiger partial charge is 0.337 e. The lowest BCUT2D eigenvalue weighted by Gasteiger charge is -2.30. The van der Waals surface area contributed by atoms with Crippen molar-refractivity contribution >= 4 is 11.8 Å². The van der Waals surface area contributed by atoms with Crippen LogP contribution < -0.4 is 0 Å². The van der Waals surface area contributed by atoms with Crippen LogP contribution in [0.2, 0.25) is 0 Å². The fraction of sp³-hybridized carbons (Fsp3) is 0.789. The molecule has 0 amide bonds. The first-order valence-corrected chi connectivity index (χ1v) is 9.07. The molecule has 1 rings (SSSR count). The van der Waals surface area contributed by atoms with Crippen molar-refractivity contribution in [3.63, 3.8) is 0 Å². The summed E-state index contributed by atoms with van der Waals surface area (Å²) in [5, 5.41) is 0. The number of cyclic esters (lactones) is 1. The van der Waals surface area contributed by atoms with Crippen molar-refractivity contribution in [1.82, 2.24) is 0 Å². The van der Waals surface area contributed by atoms with E-state index in [4.69, 9.17) is 9.47 Å². The van der Waals surface area contributed by atoms with Crippen LogP contribution in [0.4, 0.5) is 0 Å². The highest BCUT2D eigenvalue weighted by Gasteiger charge is 2.30. The number of carbonyl (C=O) groups is 2. The van der Waals surface area contributed by atoms with Gasteiger partial charge in [0.25, 0.3) is 0 Å². The highest BCUT2D eigenvalue weighted by molar-refractivity contribution is 5.86. The van der Waals surface area contributed by atoms with E-state index in [0.717, 1.165) is 12.8 Å². The van der Waals surface area contributed by atoms with Gasteiger partial charge in [0.15, 0.2) is 0 Å². The summed E-state index contributed by atoms with van der Waals surface area (Å²) in [5.41, 5.74) is 0. The molecule has 0 bridgehead atoms. The Hall–Kier alpha value is -1.32. The predicted octanol–water partition coefficient (Wildman–Crippen LogP) is 5.06. The Balaban J connectivity index is 2.08. The molecule has 0 N–H and O–H groups in total. The summed E-state index contributed by atoms with van der Waals surface area (Å²) in [7, 11) is 0. The zero-order valence-corrected chi connectivity index (χ0v) is 15.0. The van der Waals surface area contributed by atoms with Crippen molar-refractivity contribution in [3.8, 4) is 0 Å². The van der Waals surface area contributed by atoms with E-state index in [9.17, 15) is 9.59 Å². The van der Waals surface area contributed by atoms with E-state index in [-0.39, 0.29) is 12.2 Å². The zero-order chi connectivity index (χ0) is 17.1. The average Bonchev–Trinajstić information content (AvgIpc) is 2.43. The maximum absolute atomic E-state index is 12.0. The van der Waals surface area contributed by atoms with Crippen LogP contribution >= 0.6 is 0 Å². The standard InChI is InChI=1S/C19H32O4/c1-4-5-6-7-8-9-10-11-12-13-16(20)14-17-15-18(21)23-19(2,3)22-17/h15H,4-14H2,1-3H3. The molecule has 0 unspecified atom stereocenters. The quantitative estimate of drug-likeness (QED) is 0.372. The first kappa shape index (κ1) is 19.7. The van der Waals surface area contributed by atoms with Gasteiger partial charge in [-0.15, -0.1) is 0 Å². The lowest BCUT2D eigenvalue weighted by molar-refractivity contribution is -0.205. The monoisotopic (exact) mass is 324 g/mol. The third-order valence-electron chi connectivity index (χ3n) is 3.93. The number of hydrogen-bond acceptors (Lipinski definition) is 4. The Morgan fingerprint density at radius 3 is 2.09 bits per heavy atom. The van der Waals surface area contributed by atoms with Crippen LogP contribution in [0.5, 0.6) is 0 Å². The van der Waals surface area contributed by atoms with Gasteiger partial charge in [0.2, 0.25) is 5.79 Å². The molecular weight excluding hydrogens is 292 g/mol. The van der Waals surface area contributed by atoms with Gasteiger partial charge in [-0.25, -0.2) is 4.79 Å². The molecule has 1 heterocycles. The first-order valence-electron chi connectivity index (χ1n) is 9.07. The molecular formula is C19H32O4. The van der Waals surface area contributed by atoms with Gasteiger partial charge in [0, 0.05) is 20.3 Å². The molecule has 0 fully saturated rings. The van der Waals surface area contributed by atoms with Gasteiger partial charge in [-0.3, -0.25) is 4.79 Å². The molecule has 1 aliphatic rings. The van der Waals surface area contributed by atoms with E-state index in [1.807, 2.05) is 0 Å². The molecule has 0 aliphatic carbocycles. The van der Waals surface area contributed by atoms with Crippen molar-refractivity contribution in [2.75, 3.05) is 0 Å². The number of allylic oxidation sites excluding steroid dienone is 1. The lowest BCUT2D eigenvalue weighted by Crippen LogP contribution is -2.34. The van der Waals surface area contributed by atoms with Gasteiger partial charge in [-0.2, -0.15) is 0 Å². The average molecular weight is 324 g/mol. The van der Waals surface area contributed by atoms with Crippen molar-refractivity contribution in [3.05, 3.63) is 11.8 Å².